The minimum absolute atomic E-state index is 0.165. The van der Waals surface area contributed by atoms with Crippen LogP contribution in [-0.4, -0.2) is 31.1 Å². The lowest BCUT2D eigenvalue weighted by molar-refractivity contribution is -0.385. The molecular formula is C12H16BrN3O2. The molecule has 6 heteroatoms. The zero-order chi connectivity index (χ0) is 13.1. The lowest BCUT2D eigenvalue weighted by atomic mass is 10.1. The Kier molecular flexibility index (Phi) is 4.19. The zero-order valence-electron chi connectivity index (χ0n) is 10.3. The predicted octanol–water partition coefficient (Wildman–Crippen LogP) is 2.47. The van der Waals surface area contributed by atoms with Gasteiger partial charge in [0, 0.05) is 35.7 Å². The van der Waals surface area contributed by atoms with E-state index in [1.165, 1.54) is 0 Å². The molecule has 1 aliphatic rings. The molecule has 0 bridgehead atoms. The second kappa shape index (κ2) is 5.67. The number of hydrogen-bond acceptors (Lipinski definition) is 4. The molecule has 0 saturated carbocycles. The number of nitro groups is 1. The second-order valence-corrected chi connectivity index (χ2v) is 5.29. The van der Waals surface area contributed by atoms with Gasteiger partial charge in [0.15, 0.2) is 0 Å². The van der Waals surface area contributed by atoms with E-state index in [9.17, 15) is 10.1 Å². The first-order chi connectivity index (χ1) is 8.59. The van der Waals surface area contributed by atoms with Gasteiger partial charge >= 0.3 is 0 Å². The molecule has 1 N–H and O–H groups in total. The maximum atomic E-state index is 10.9. The molecule has 5 nitrogen and oxygen atoms in total. The third-order valence-corrected chi connectivity index (χ3v) is 3.78. The van der Waals surface area contributed by atoms with E-state index in [4.69, 9.17) is 0 Å². The number of nitro benzene ring substituents is 1. The van der Waals surface area contributed by atoms with Crippen molar-refractivity contribution in [2.24, 2.45) is 0 Å². The van der Waals surface area contributed by atoms with Crippen LogP contribution < -0.4 is 10.2 Å². The first kappa shape index (κ1) is 13.3. The summed E-state index contributed by atoms with van der Waals surface area (Å²) in [6.45, 7) is 5.66. The van der Waals surface area contributed by atoms with Gasteiger partial charge in [-0.05, 0) is 41.9 Å². The molecule has 2 rings (SSSR count). The highest BCUT2D eigenvalue weighted by molar-refractivity contribution is 9.10. The van der Waals surface area contributed by atoms with E-state index in [-0.39, 0.29) is 10.6 Å². The van der Waals surface area contributed by atoms with Crippen LogP contribution in [0, 0.1) is 17.0 Å². The van der Waals surface area contributed by atoms with Crippen LogP contribution in [-0.2, 0) is 0 Å². The Balaban J connectivity index is 2.33. The molecule has 0 spiro atoms. The van der Waals surface area contributed by atoms with Crippen LogP contribution >= 0.6 is 15.9 Å². The number of anilines is 1. The molecule has 0 amide bonds. The third kappa shape index (κ3) is 2.81. The van der Waals surface area contributed by atoms with Gasteiger partial charge in [0.05, 0.1) is 10.6 Å². The Morgan fingerprint density at radius 1 is 1.39 bits per heavy atom. The molecule has 0 aliphatic carbocycles. The van der Waals surface area contributed by atoms with Gasteiger partial charge in [0.1, 0.15) is 0 Å². The predicted molar refractivity (Wildman–Crippen MR) is 75.2 cm³/mol. The standard InChI is InChI=1S/C12H16BrN3O2/c1-9-7-12(10(13)8-11(9)16(17)18)15-5-2-3-14-4-6-15/h7-8,14H,2-6H2,1H3. The fourth-order valence-electron chi connectivity index (χ4n) is 2.18. The minimum Gasteiger partial charge on any atom is -0.369 e. The van der Waals surface area contributed by atoms with E-state index in [0.717, 1.165) is 42.8 Å². The summed E-state index contributed by atoms with van der Waals surface area (Å²) in [5.74, 6) is 0. The Labute approximate surface area is 114 Å². The van der Waals surface area contributed by atoms with Gasteiger partial charge in [-0.25, -0.2) is 0 Å². The molecule has 1 heterocycles. The molecule has 0 atom stereocenters. The molecule has 98 valence electrons. The van der Waals surface area contributed by atoms with Gasteiger partial charge in [-0.3, -0.25) is 10.1 Å². The minimum atomic E-state index is -0.339. The van der Waals surface area contributed by atoms with Gasteiger partial charge in [0.25, 0.3) is 5.69 Å². The van der Waals surface area contributed by atoms with Crippen molar-refractivity contribution in [2.75, 3.05) is 31.1 Å². The number of benzene rings is 1. The smallest absolute Gasteiger partial charge is 0.273 e. The van der Waals surface area contributed by atoms with Crippen molar-refractivity contribution < 1.29 is 4.92 Å². The van der Waals surface area contributed by atoms with Crippen molar-refractivity contribution in [3.63, 3.8) is 0 Å². The lowest BCUT2D eigenvalue weighted by Crippen LogP contribution is -2.28. The molecule has 1 fully saturated rings. The highest BCUT2D eigenvalue weighted by Crippen LogP contribution is 2.33. The first-order valence-electron chi connectivity index (χ1n) is 6.00. The van der Waals surface area contributed by atoms with Crippen LogP contribution in [0.4, 0.5) is 11.4 Å². The molecule has 1 aromatic carbocycles. The largest absolute Gasteiger partial charge is 0.369 e. The van der Waals surface area contributed by atoms with Crippen molar-refractivity contribution in [3.8, 4) is 0 Å². The average Bonchev–Trinajstić information content (AvgIpc) is 2.60. The molecule has 1 aromatic rings. The second-order valence-electron chi connectivity index (χ2n) is 4.44. The molecule has 1 aliphatic heterocycles. The number of aryl methyl sites for hydroxylation is 1. The molecule has 1 saturated heterocycles. The van der Waals surface area contributed by atoms with Gasteiger partial charge in [-0.1, -0.05) is 0 Å². The molecule has 0 aromatic heterocycles. The van der Waals surface area contributed by atoms with Crippen molar-refractivity contribution in [1.82, 2.24) is 5.32 Å². The van der Waals surface area contributed by atoms with Gasteiger partial charge in [0.2, 0.25) is 0 Å². The Bertz CT molecular complexity index is 457. The van der Waals surface area contributed by atoms with E-state index < -0.39 is 0 Å². The first-order valence-corrected chi connectivity index (χ1v) is 6.79. The average molecular weight is 314 g/mol. The van der Waals surface area contributed by atoms with Crippen molar-refractivity contribution >= 4 is 27.3 Å². The normalized spacial score (nSPS) is 16.4. The van der Waals surface area contributed by atoms with Crippen molar-refractivity contribution in [2.45, 2.75) is 13.3 Å². The summed E-state index contributed by atoms with van der Waals surface area (Å²) in [5, 5.41) is 14.2. The summed E-state index contributed by atoms with van der Waals surface area (Å²) in [7, 11) is 0. The fraction of sp³-hybridized carbons (Fsp3) is 0.500. The zero-order valence-corrected chi connectivity index (χ0v) is 11.9. The Hall–Kier alpha value is -1.14. The van der Waals surface area contributed by atoms with E-state index >= 15 is 0 Å². The maximum absolute atomic E-state index is 10.9. The SMILES string of the molecule is Cc1cc(N2CCCNCC2)c(Br)cc1[N+](=O)[O-]. The van der Waals surface area contributed by atoms with Gasteiger partial charge < -0.3 is 10.2 Å². The summed E-state index contributed by atoms with van der Waals surface area (Å²) < 4.78 is 0.793. The summed E-state index contributed by atoms with van der Waals surface area (Å²) in [6, 6.07) is 3.50. The summed E-state index contributed by atoms with van der Waals surface area (Å²) >= 11 is 3.44. The summed E-state index contributed by atoms with van der Waals surface area (Å²) in [5.41, 5.74) is 1.91. The van der Waals surface area contributed by atoms with E-state index in [0.29, 0.717) is 5.56 Å². The summed E-state index contributed by atoms with van der Waals surface area (Å²) in [6.07, 6.45) is 1.09. The summed E-state index contributed by atoms with van der Waals surface area (Å²) in [4.78, 5) is 12.8. The highest BCUT2D eigenvalue weighted by atomic mass is 79.9. The van der Waals surface area contributed by atoms with Crippen LogP contribution in [0.25, 0.3) is 0 Å². The number of nitrogens with zero attached hydrogens (tertiary/aromatic N) is 2. The number of rotatable bonds is 2. The fourth-order valence-corrected chi connectivity index (χ4v) is 2.76. The molecule has 18 heavy (non-hydrogen) atoms. The monoisotopic (exact) mass is 313 g/mol. The highest BCUT2D eigenvalue weighted by Gasteiger charge is 2.18. The van der Waals surface area contributed by atoms with E-state index in [2.05, 4.69) is 26.1 Å². The van der Waals surface area contributed by atoms with Crippen molar-refractivity contribution in [1.29, 1.82) is 0 Å². The molecular weight excluding hydrogens is 298 g/mol. The van der Waals surface area contributed by atoms with Gasteiger partial charge in [-0.2, -0.15) is 0 Å². The Morgan fingerprint density at radius 3 is 2.89 bits per heavy atom. The number of nitrogens with one attached hydrogen (secondary N) is 1. The number of hydrogen-bond donors (Lipinski definition) is 1. The van der Waals surface area contributed by atoms with Crippen LogP contribution in [0.15, 0.2) is 16.6 Å². The molecule has 0 radical (unpaired) electrons. The number of halogens is 1. The third-order valence-electron chi connectivity index (χ3n) is 3.14. The van der Waals surface area contributed by atoms with Crippen molar-refractivity contribution in [3.05, 3.63) is 32.3 Å². The van der Waals surface area contributed by atoms with Crippen LogP contribution in [0.1, 0.15) is 12.0 Å². The quantitative estimate of drug-likeness (QED) is 0.673. The van der Waals surface area contributed by atoms with Crippen LogP contribution in [0.5, 0.6) is 0 Å². The molecule has 0 unspecified atom stereocenters. The van der Waals surface area contributed by atoms with Crippen LogP contribution in [0.3, 0.4) is 0 Å². The van der Waals surface area contributed by atoms with E-state index in [1.807, 2.05) is 6.07 Å². The lowest BCUT2D eigenvalue weighted by Gasteiger charge is -2.24. The van der Waals surface area contributed by atoms with Gasteiger partial charge in [-0.15, -0.1) is 0 Å². The maximum Gasteiger partial charge on any atom is 0.273 e. The Morgan fingerprint density at radius 2 is 2.17 bits per heavy atom. The van der Waals surface area contributed by atoms with Crippen LogP contribution in [0.2, 0.25) is 0 Å². The topological polar surface area (TPSA) is 58.4 Å². The van der Waals surface area contributed by atoms with E-state index in [1.54, 1.807) is 13.0 Å².